The molecule has 208 valence electrons. The lowest BCUT2D eigenvalue weighted by atomic mass is 10.0. The number of likely N-dealkylation sites (tertiary alicyclic amines) is 2. The lowest BCUT2D eigenvalue weighted by Crippen LogP contribution is -2.56. The van der Waals surface area contributed by atoms with Crippen LogP contribution < -0.4 is 11.1 Å². The Morgan fingerprint density at radius 2 is 1.46 bits per heavy atom. The number of nitrogens with two attached hydrogens (primary N) is 1. The number of benzene rings is 2. The summed E-state index contributed by atoms with van der Waals surface area (Å²) in [4.78, 5) is 54.8. The second-order valence-electron chi connectivity index (χ2n) is 10.5. The SMILES string of the molecule is N[C@@H](CCc1ccccc1)C(=O)N1CCC[C@H]1C(=O)N1CCC[C@H]1C(=O)N[C@H](CC(=O)O)Cc1ccccc1. The first-order chi connectivity index (χ1) is 18.8. The fourth-order valence-corrected chi connectivity index (χ4v) is 5.67. The molecule has 2 aliphatic rings. The van der Waals surface area contributed by atoms with Crippen LogP contribution in [-0.4, -0.2) is 75.9 Å². The Morgan fingerprint density at radius 1 is 0.872 bits per heavy atom. The maximum Gasteiger partial charge on any atom is 0.305 e. The molecule has 9 heteroatoms. The highest BCUT2D eigenvalue weighted by molar-refractivity contribution is 5.94. The Kier molecular flexibility index (Phi) is 9.70. The number of nitrogens with one attached hydrogen (secondary N) is 1. The molecule has 2 aliphatic heterocycles. The van der Waals surface area contributed by atoms with Crippen molar-refractivity contribution >= 4 is 23.7 Å². The van der Waals surface area contributed by atoms with Crippen LogP contribution in [0.1, 0.15) is 49.7 Å². The summed E-state index contributed by atoms with van der Waals surface area (Å²) in [7, 11) is 0. The Labute approximate surface area is 229 Å². The Bertz CT molecular complexity index is 1140. The molecule has 9 nitrogen and oxygen atoms in total. The Hall–Kier alpha value is -3.72. The summed E-state index contributed by atoms with van der Waals surface area (Å²) in [6, 6.07) is 16.6. The van der Waals surface area contributed by atoms with E-state index >= 15 is 0 Å². The number of amides is 3. The van der Waals surface area contributed by atoms with Crippen molar-refractivity contribution < 1.29 is 24.3 Å². The van der Waals surface area contributed by atoms with Crippen LogP contribution in [0.25, 0.3) is 0 Å². The number of hydrogen-bond donors (Lipinski definition) is 3. The minimum Gasteiger partial charge on any atom is -0.481 e. The van der Waals surface area contributed by atoms with Crippen molar-refractivity contribution in [3.05, 3.63) is 71.8 Å². The third-order valence-corrected chi connectivity index (χ3v) is 7.66. The van der Waals surface area contributed by atoms with Crippen LogP contribution in [0.3, 0.4) is 0 Å². The highest BCUT2D eigenvalue weighted by Gasteiger charge is 2.43. The number of aliphatic carboxylic acids is 1. The van der Waals surface area contributed by atoms with E-state index in [-0.39, 0.29) is 24.1 Å². The zero-order valence-corrected chi connectivity index (χ0v) is 22.2. The van der Waals surface area contributed by atoms with Crippen LogP contribution in [0.2, 0.25) is 0 Å². The molecule has 0 bridgehead atoms. The van der Waals surface area contributed by atoms with Gasteiger partial charge >= 0.3 is 5.97 Å². The summed E-state index contributed by atoms with van der Waals surface area (Å²) in [6.07, 6.45) is 3.74. The molecule has 0 aliphatic carbocycles. The van der Waals surface area contributed by atoms with E-state index in [0.29, 0.717) is 58.0 Å². The lowest BCUT2D eigenvalue weighted by molar-refractivity contribution is -0.147. The van der Waals surface area contributed by atoms with Gasteiger partial charge in [0.05, 0.1) is 12.5 Å². The minimum atomic E-state index is -1.00. The average molecular weight is 535 g/mol. The van der Waals surface area contributed by atoms with Gasteiger partial charge in [0, 0.05) is 19.1 Å². The maximum absolute atomic E-state index is 13.7. The number of carboxylic acids is 1. The Morgan fingerprint density at radius 3 is 2.10 bits per heavy atom. The molecule has 4 atom stereocenters. The van der Waals surface area contributed by atoms with E-state index < -0.39 is 30.1 Å². The molecule has 2 aromatic carbocycles. The molecule has 4 rings (SSSR count). The topological polar surface area (TPSA) is 133 Å². The molecule has 0 unspecified atom stereocenters. The first-order valence-corrected chi connectivity index (χ1v) is 13.8. The number of aryl methyl sites for hydroxylation is 1. The fraction of sp³-hybridized carbons (Fsp3) is 0.467. The summed E-state index contributed by atoms with van der Waals surface area (Å²) in [5.41, 5.74) is 8.29. The van der Waals surface area contributed by atoms with Crippen LogP contribution in [0, 0.1) is 0 Å². The van der Waals surface area contributed by atoms with Gasteiger partial charge in [-0.05, 0) is 56.1 Å². The molecule has 3 amide bonds. The largest absolute Gasteiger partial charge is 0.481 e. The first kappa shape index (κ1) is 28.3. The predicted molar refractivity (Wildman–Crippen MR) is 147 cm³/mol. The predicted octanol–water partition coefficient (Wildman–Crippen LogP) is 2.13. The Balaban J connectivity index is 1.38. The molecule has 0 radical (unpaired) electrons. The first-order valence-electron chi connectivity index (χ1n) is 13.8. The smallest absolute Gasteiger partial charge is 0.305 e. The summed E-state index contributed by atoms with van der Waals surface area (Å²) in [5, 5.41) is 12.3. The maximum atomic E-state index is 13.7. The van der Waals surface area contributed by atoms with Gasteiger partial charge < -0.3 is 26.0 Å². The van der Waals surface area contributed by atoms with Crippen LogP contribution in [-0.2, 0) is 32.0 Å². The average Bonchev–Trinajstić information content (AvgIpc) is 3.62. The zero-order valence-electron chi connectivity index (χ0n) is 22.2. The van der Waals surface area contributed by atoms with Crippen LogP contribution in [0.15, 0.2) is 60.7 Å². The van der Waals surface area contributed by atoms with Gasteiger partial charge in [0.15, 0.2) is 0 Å². The van der Waals surface area contributed by atoms with Crippen molar-refractivity contribution in [2.75, 3.05) is 13.1 Å². The van der Waals surface area contributed by atoms with Gasteiger partial charge in [-0.25, -0.2) is 0 Å². The second kappa shape index (κ2) is 13.4. The molecular formula is C30H38N4O5. The third kappa shape index (κ3) is 7.44. The van der Waals surface area contributed by atoms with Crippen molar-refractivity contribution in [1.82, 2.24) is 15.1 Å². The molecule has 2 saturated heterocycles. The van der Waals surface area contributed by atoms with E-state index in [4.69, 9.17) is 5.73 Å². The van der Waals surface area contributed by atoms with Crippen LogP contribution >= 0.6 is 0 Å². The van der Waals surface area contributed by atoms with E-state index in [2.05, 4.69) is 5.32 Å². The molecule has 2 fully saturated rings. The second-order valence-corrected chi connectivity index (χ2v) is 10.5. The zero-order chi connectivity index (χ0) is 27.8. The highest BCUT2D eigenvalue weighted by Crippen LogP contribution is 2.26. The third-order valence-electron chi connectivity index (χ3n) is 7.66. The van der Waals surface area contributed by atoms with Gasteiger partial charge in [0.25, 0.3) is 0 Å². The minimum absolute atomic E-state index is 0.215. The summed E-state index contributed by atoms with van der Waals surface area (Å²) in [6.45, 7) is 0.897. The van der Waals surface area contributed by atoms with Gasteiger partial charge in [-0.1, -0.05) is 60.7 Å². The standard InChI is InChI=1S/C30H38N4O5/c31-24(16-15-21-9-3-1-4-10-21)29(38)34-18-8-14-26(34)30(39)33-17-7-13-25(33)28(37)32-23(20-27(35)36)19-22-11-5-2-6-12-22/h1-6,9-12,23-26H,7-8,13-20,31H2,(H,32,37)(H,35,36)/t23-,24-,25-,26-/m0/s1. The van der Waals surface area contributed by atoms with E-state index in [1.165, 1.54) is 0 Å². The summed E-state index contributed by atoms with van der Waals surface area (Å²) < 4.78 is 0. The number of carbonyl (C=O) groups excluding carboxylic acids is 3. The molecule has 0 saturated carbocycles. The molecule has 0 aromatic heterocycles. The van der Waals surface area contributed by atoms with Gasteiger partial charge in [0.1, 0.15) is 12.1 Å². The lowest BCUT2D eigenvalue weighted by Gasteiger charge is -2.32. The summed E-state index contributed by atoms with van der Waals surface area (Å²) >= 11 is 0. The fourth-order valence-electron chi connectivity index (χ4n) is 5.67. The monoisotopic (exact) mass is 534 g/mol. The van der Waals surface area contributed by atoms with Gasteiger partial charge in [-0.2, -0.15) is 0 Å². The van der Waals surface area contributed by atoms with Crippen molar-refractivity contribution in [3.8, 4) is 0 Å². The molecule has 4 N–H and O–H groups in total. The molecular weight excluding hydrogens is 496 g/mol. The van der Waals surface area contributed by atoms with E-state index in [0.717, 1.165) is 11.1 Å². The van der Waals surface area contributed by atoms with Crippen LogP contribution in [0.4, 0.5) is 0 Å². The van der Waals surface area contributed by atoms with Gasteiger partial charge in [-0.15, -0.1) is 0 Å². The number of rotatable bonds is 11. The van der Waals surface area contributed by atoms with Crippen LogP contribution in [0.5, 0.6) is 0 Å². The van der Waals surface area contributed by atoms with Gasteiger partial charge in [0.2, 0.25) is 17.7 Å². The van der Waals surface area contributed by atoms with Crippen molar-refractivity contribution in [2.24, 2.45) is 5.73 Å². The number of nitrogens with zero attached hydrogens (tertiary/aromatic N) is 2. The molecule has 2 aromatic rings. The summed E-state index contributed by atoms with van der Waals surface area (Å²) in [5.74, 6) is -1.81. The van der Waals surface area contributed by atoms with E-state index in [9.17, 15) is 24.3 Å². The highest BCUT2D eigenvalue weighted by atomic mass is 16.4. The normalized spacial score (nSPS) is 20.4. The number of carbonyl (C=O) groups is 4. The van der Waals surface area contributed by atoms with Crippen molar-refractivity contribution in [1.29, 1.82) is 0 Å². The number of hydrogen-bond acceptors (Lipinski definition) is 5. The quantitative estimate of drug-likeness (QED) is 0.405. The number of carboxylic acid groups (broad SMARTS) is 1. The molecule has 2 heterocycles. The van der Waals surface area contributed by atoms with E-state index in [1.54, 1.807) is 9.80 Å². The molecule has 0 spiro atoms. The van der Waals surface area contributed by atoms with E-state index in [1.807, 2.05) is 60.7 Å². The van der Waals surface area contributed by atoms with Crippen molar-refractivity contribution in [3.63, 3.8) is 0 Å². The van der Waals surface area contributed by atoms with Gasteiger partial charge in [-0.3, -0.25) is 19.2 Å². The van der Waals surface area contributed by atoms with Crippen molar-refractivity contribution in [2.45, 2.75) is 75.5 Å². The molecule has 39 heavy (non-hydrogen) atoms.